The van der Waals surface area contributed by atoms with E-state index in [2.05, 4.69) is 48.1 Å². The van der Waals surface area contributed by atoms with E-state index in [1.54, 1.807) is 0 Å². The third kappa shape index (κ3) is 2.02. The molecule has 0 amide bonds. The number of fused-ring (bicyclic) bond motifs is 1. The largest absolute Gasteiger partial charge is 0.389 e. The predicted octanol–water partition coefficient (Wildman–Crippen LogP) is 3.48. The van der Waals surface area contributed by atoms with Gasteiger partial charge in [0.15, 0.2) is 0 Å². The summed E-state index contributed by atoms with van der Waals surface area (Å²) in [7, 11) is 2.05. The van der Waals surface area contributed by atoms with E-state index in [1.807, 2.05) is 18.2 Å². The molecular weight excluding hydrogens is 252 g/mol. The highest BCUT2D eigenvalue weighted by molar-refractivity contribution is 7.80. The van der Waals surface area contributed by atoms with Crippen LogP contribution in [0.2, 0.25) is 0 Å². The Bertz CT molecular complexity index is 771. The minimum absolute atomic E-state index is 0.432. The smallest absolute Gasteiger partial charge is 0.104 e. The maximum Gasteiger partial charge on any atom is 0.104 e. The number of benzene rings is 2. The van der Waals surface area contributed by atoms with E-state index in [0.717, 1.165) is 11.1 Å². The van der Waals surface area contributed by atoms with Gasteiger partial charge in [-0.05, 0) is 29.3 Å². The monoisotopic (exact) mass is 266 g/mol. The van der Waals surface area contributed by atoms with Gasteiger partial charge in [0.2, 0.25) is 0 Å². The minimum Gasteiger partial charge on any atom is -0.389 e. The van der Waals surface area contributed by atoms with Crippen molar-refractivity contribution in [2.45, 2.75) is 0 Å². The summed E-state index contributed by atoms with van der Waals surface area (Å²) in [6.07, 6.45) is 2.07. The van der Waals surface area contributed by atoms with Crippen LogP contribution in [0.5, 0.6) is 0 Å². The molecule has 0 aliphatic rings. The fraction of sp³-hybridized carbons (Fsp3) is 0.0625. The molecular formula is C16H14N2S. The maximum absolute atomic E-state index is 5.70. The highest BCUT2D eigenvalue weighted by Crippen LogP contribution is 2.29. The molecule has 0 saturated carbocycles. The summed E-state index contributed by atoms with van der Waals surface area (Å²) in [4.78, 5) is 0.432. The summed E-state index contributed by atoms with van der Waals surface area (Å²) in [5, 5.41) is 1.24. The van der Waals surface area contributed by atoms with Gasteiger partial charge in [-0.25, -0.2) is 0 Å². The van der Waals surface area contributed by atoms with Gasteiger partial charge in [-0.3, -0.25) is 0 Å². The van der Waals surface area contributed by atoms with E-state index in [0.29, 0.717) is 4.99 Å². The molecule has 1 aromatic heterocycles. The first-order chi connectivity index (χ1) is 9.16. The lowest BCUT2D eigenvalue weighted by atomic mass is 10.00. The molecule has 2 nitrogen and oxygen atoms in total. The molecule has 3 rings (SSSR count). The van der Waals surface area contributed by atoms with Crippen molar-refractivity contribution in [1.29, 1.82) is 0 Å². The molecule has 0 aliphatic heterocycles. The van der Waals surface area contributed by atoms with E-state index in [-0.39, 0.29) is 0 Å². The lowest BCUT2D eigenvalue weighted by Crippen LogP contribution is -2.08. The van der Waals surface area contributed by atoms with Crippen molar-refractivity contribution < 1.29 is 0 Å². The second-order valence-electron chi connectivity index (χ2n) is 4.61. The van der Waals surface area contributed by atoms with Crippen molar-refractivity contribution >= 4 is 28.1 Å². The van der Waals surface area contributed by atoms with Gasteiger partial charge in [0.05, 0.1) is 0 Å². The average molecular weight is 266 g/mol. The number of hydrogen-bond donors (Lipinski definition) is 1. The summed E-state index contributed by atoms with van der Waals surface area (Å²) in [5.41, 5.74) is 10.2. The fourth-order valence-electron chi connectivity index (χ4n) is 2.39. The van der Waals surface area contributed by atoms with Gasteiger partial charge in [0.1, 0.15) is 4.99 Å². The first-order valence-electron chi connectivity index (χ1n) is 6.11. The lowest BCUT2D eigenvalue weighted by Gasteiger charge is -2.07. The number of aromatic nitrogens is 1. The first kappa shape index (κ1) is 11.9. The van der Waals surface area contributed by atoms with Crippen LogP contribution in [0.3, 0.4) is 0 Å². The molecule has 0 aliphatic carbocycles. The van der Waals surface area contributed by atoms with E-state index in [1.165, 1.54) is 16.5 Å². The molecule has 3 heteroatoms. The highest BCUT2D eigenvalue weighted by Gasteiger charge is 2.07. The molecule has 1 heterocycles. The van der Waals surface area contributed by atoms with Crippen molar-refractivity contribution in [2.24, 2.45) is 12.8 Å². The number of thiocarbonyl (C=S) groups is 1. The quantitative estimate of drug-likeness (QED) is 0.720. The number of nitrogens with two attached hydrogens (primary N) is 1. The zero-order valence-electron chi connectivity index (χ0n) is 10.6. The zero-order valence-corrected chi connectivity index (χ0v) is 11.4. The van der Waals surface area contributed by atoms with Gasteiger partial charge < -0.3 is 10.3 Å². The Morgan fingerprint density at radius 1 is 1.11 bits per heavy atom. The van der Waals surface area contributed by atoms with Gasteiger partial charge in [0.25, 0.3) is 0 Å². The van der Waals surface area contributed by atoms with Crippen LogP contribution in [0.1, 0.15) is 5.56 Å². The molecule has 0 spiro atoms. The van der Waals surface area contributed by atoms with Crippen LogP contribution in [0, 0.1) is 0 Å². The van der Waals surface area contributed by atoms with Crippen LogP contribution in [0.25, 0.3) is 22.0 Å². The summed E-state index contributed by atoms with van der Waals surface area (Å²) in [5.74, 6) is 0. The molecule has 0 fully saturated rings. The van der Waals surface area contributed by atoms with E-state index >= 15 is 0 Å². The van der Waals surface area contributed by atoms with Gasteiger partial charge in [-0.15, -0.1) is 0 Å². The molecule has 0 bridgehead atoms. The van der Waals surface area contributed by atoms with Crippen LogP contribution in [-0.2, 0) is 7.05 Å². The Morgan fingerprint density at radius 3 is 2.68 bits per heavy atom. The Balaban J connectivity index is 2.24. The Labute approximate surface area is 117 Å². The van der Waals surface area contributed by atoms with E-state index < -0.39 is 0 Å². The van der Waals surface area contributed by atoms with Gasteiger partial charge in [0, 0.05) is 29.7 Å². The minimum atomic E-state index is 0.432. The van der Waals surface area contributed by atoms with Crippen LogP contribution in [0.15, 0.2) is 54.7 Å². The highest BCUT2D eigenvalue weighted by atomic mass is 32.1. The topological polar surface area (TPSA) is 30.9 Å². The van der Waals surface area contributed by atoms with Crippen LogP contribution < -0.4 is 5.73 Å². The summed E-state index contributed by atoms with van der Waals surface area (Å²) < 4.78 is 2.12. The van der Waals surface area contributed by atoms with E-state index in [9.17, 15) is 0 Å². The van der Waals surface area contributed by atoms with Crippen LogP contribution in [-0.4, -0.2) is 9.56 Å². The Morgan fingerprint density at radius 2 is 1.89 bits per heavy atom. The third-order valence-corrected chi connectivity index (χ3v) is 3.62. The fourth-order valence-corrected chi connectivity index (χ4v) is 2.52. The number of hydrogen-bond acceptors (Lipinski definition) is 1. The van der Waals surface area contributed by atoms with Gasteiger partial charge >= 0.3 is 0 Å². The molecule has 3 aromatic rings. The molecule has 2 aromatic carbocycles. The lowest BCUT2D eigenvalue weighted by molar-refractivity contribution is 0.969. The van der Waals surface area contributed by atoms with E-state index in [4.69, 9.17) is 18.0 Å². The molecule has 94 valence electrons. The van der Waals surface area contributed by atoms with Crippen molar-refractivity contribution in [2.75, 3.05) is 0 Å². The summed E-state index contributed by atoms with van der Waals surface area (Å²) in [6.45, 7) is 0. The summed E-state index contributed by atoms with van der Waals surface area (Å²) >= 11 is 5.05. The standard InChI is InChI=1S/C16H14N2S/c1-18-9-8-14-13(6-3-7-15(14)18)11-4-2-5-12(10-11)16(17)19/h2-10H,1H3,(H2,17,19). The molecule has 0 unspecified atom stereocenters. The molecule has 0 atom stereocenters. The Hall–Kier alpha value is -2.13. The zero-order chi connectivity index (χ0) is 13.4. The maximum atomic E-state index is 5.70. The molecule has 0 saturated heterocycles. The number of aryl methyl sites for hydroxylation is 1. The van der Waals surface area contributed by atoms with Crippen molar-refractivity contribution in [3.05, 3.63) is 60.3 Å². The first-order valence-corrected chi connectivity index (χ1v) is 6.52. The van der Waals surface area contributed by atoms with Gasteiger partial charge in [-0.1, -0.05) is 42.5 Å². The predicted molar refractivity (Wildman–Crippen MR) is 84.2 cm³/mol. The van der Waals surface area contributed by atoms with Crippen LogP contribution in [0.4, 0.5) is 0 Å². The van der Waals surface area contributed by atoms with Crippen molar-refractivity contribution in [3.63, 3.8) is 0 Å². The Kier molecular flexibility index (Phi) is 2.84. The van der Waals surface area contributed by atoms with Crippen molar-refractivity contribution in [3.8, 4) is 11.1 Å². The van der Waals surface area contributed by atoms with Gasteiger partial charge in [-0.2, -0.15) is 0 Å². The second kappa shape index (κ2) is 4.52. The molecule has 0 radical (unpaired) electrons. The SMILES string of the molecule is Cn1ccc2c(-c3cccc(C(N)=S)c3)cccc21. The van der Waals surface area contributed by atoms with Crippen LogP contribution >= 0.6 is 12.2 Å². The second-order valence-corrected chi connectivity index (χ2v) is 5.05. The number of rotatable bonds is 2. The number of nitrogens with zero attached hydrogens (tertiary/aromatic N) is 1. The molecule has 19 heavy (non-hydrogen) atoms. The average Bonchev–Trinajstić information content (AvgIpc) is 2.81. The van der Waals surface area contributed by atoms with Crippen molar-refractivity contribution in [1.82, 2.24) is 4.57 Å². The normalized spacial score (nSPS) is 10.8. The molecule has 2 N–H and O–H groups in total. The summed E-state index contributed by atoms with van der Waals surface area (Å²) in [6, 6.07) is 16.5. The third-order valence-electron chi connectivity index (χ3n) is 3.39.